The molecule has 1 heterocycles. The van der Waals surface area contributed by atoms with E-state index in [-0.39, 0.29) is 18.4 Å². The van der Waals surface area contributed by atoms with Crippen LogP contribution in [0.25, 0.3) is 0 Å². The van der Waals surface area contributed by atoms with Crippen molar-refractivity contribution in [3.8, 4) is 17.2 Å². The van der Waals surface area contributed by atoms with Gasteiger partial charge in [-0.1, -0.05) is 6.07 Å². The van der Waals surface area contributed by atoms with Gasteiger partial charge >= 0.3 is 0 Å². The number of benzene rings is 2. The molecule has 7 heteroatoms. The smallest absolute Gasteiger partial charge is 0.262 e. The number of hydrogen-bond acceptors (Lipinski definition) is 5. The van der Waals surface area contributed by atoms with E-state index < -0.39 is 0 Å². The molecule has 142 valence electrons. The first-order chi connectivity index (χ1) is 13.1. The molecule has 7 nitrogen and oxygen atoms in total. The summed E-state index contributed by atoms with van der Waals surface area (Å²) in [7, 11) is 1.56. The summed E-state index contributed by atoms with van der Waals surface area (Å²) in [6.45, 7) is 3.36. The number of likely N-dealkylation sites (N-methyl/N-ethyl adjacent to an activating group) is 1. The average Bonchev–Trinajstić information content (AvgIpc) is 2.85. The average molecular weight is 370 g/mol. The number of fused-ring (bicyclic) bond motifs is 1. The van der Waals surface area contributed by atoms with Gasteiger partial charge in [0.1, 0.15) is 23.9 Å². The number of carbonyl (C=O) groups is 2. The Labute approximate surface area is 157 Å². The molecular weight excluding hydrogens is 348 g/mol. The van der Waals surface area contributed by atoms with Gasteiger partial charge in [0.25, 0.3) is 11.8 Å². The summed E-state index contributed by atoms with van der Waals surface area (Å²) in [6.07, 6.45) is 0. The van der Waals surface area contributed by atoms with E-state index >= 15 is 0 Å². The van der Waals surface area contributed by atoms with E-state index in [9.17, 15) is 9.59 Å². The van der Waals surface area contributed by atoms with E-state index in [1.54, 1.807) is 54.5 Å². The fraction of sp³-hybridized carbons (Fsp3) is 0.300. The molecule has 27 heavy (non-hydrogen) atoms. The largest absolute Gasteiger partial charge is 0.497 e. The molecule has 3 rings (SSSR count). The molecule has 0 bridgehead atoms. The maximum atomic E-state index is 12.6. The fourth-order valence-electron chi connectivity index (χ4n) is 2.78. The third-order valence-corrected chi connectivity index (χ3v) is 4.19. The summed E-state index contributed by atoms with van der Waals surface area (Å²) >= 11 is 0. The van der Waals surface area contributed by atoms with Gasteiger partial charge in [0.2, 0.25) is 0 Å². The van der Waals surface area contributed by atoms with Crippen LogP contribution in [0.5, 0.6) is 17.2 Å². The molecule has 1 aliphatic rings. The maximum absolute atomic E-state index is 12.6. The van der Waals surface area contributed by atoms with Gasteiger partial charge in [-0.05, 0) is 37.3 Å². The second-order valence-electron chi connectivity index (χ2n) is 5.96. The predicted octanol–water partition coefficient (Wildman–Crippen LogP) is 2.57. The summed E-state index contributed by atoms with van der Waals surface area (Å²) in [4.78, 5) is 26.5. The zero-order valence-corrected chi connectivity index (χ0v) is 15.4. The number of anilines is 1. The van der Waals surface area contributed by atoms with Crippen LogP contribution in [0, 0.1) is 0 Å². The standard InChI is InChI=1S/C20H22N2O5/c1-3-22-9-10-26-18-8-7-14(11-17(18)20(22)24)21-19(23)13-27-16-6-4-5-15(12-16)25-2/h4-8,11-12H,3,9-10,13H2,1-2H3,(H,21,23). The van der Waals surface area contributed by atoms with Crippen LogP contribution in [0.4, 0.5) is 5.69 Å². The van der Waals surface area contributed by atoms with Crippen LogP contribution >= 0.6 is 0 Å². The summed E-state index contributed by atoms with van der Waals surface area (Å²) in [6, 6.07) is 12.1. The Kier molecular flexibility index (Phi) is 5.80. The third kappa shape index (κ3) is 4.49. The molecule has 0 unspecified atom stereocenters. The van der Waals surface area contributed by atoms with Crippen molar-refractivity contribution < 1.29 is 23.8 Å². The molecule has 0 saturated heterocycles. The van der Waals surface area contributed by atoms with Crippen LogP contribution in [-0.2, 0) is 4.79 Å². The first-order valence-electron chi connectivity index (χ1n) is 8.73. The molecule has 0 fully saturated rings. The van der Waals surface area contributed by atoms with E-state index in [1.807, 2.05) is 6.92 Å². The van der Waals surface area contributed by atoms with E-state index in [1.165, 1.54) is 0 Å². The molecule has 2 aromatic carbocycles. The van der Waals surface area contributed by atoms with Crippen molar-refractivity contribution in [3.05, 3.63) is 48.0 Å². The van der Waals surface area contributed by atoms with Crippen molar-refractivity contribution >= 4 is 17.5 Å². The summed E-state index contributed by atoms with van der Waals surface area (Å²) in [5, 5.41) is 2.74. The van der Waals surface area contributed by atoms with Gasteiger partial charge in [-0.3, -0.25) is 9.59 Å². The van der Waals surface area contributed by atoms with Gasteiger partial charge in [-0.15, -0.1) is 0 Å². The molecule has 0 radical (unpaired) electrons. The van der Waals surface area contributed by atoms with Crippen LogP contribution in [0.15, 0.2) is 42.5 Å². The van der Waals surface area contributed by atoms with Crippen molar-refractivity contribution in [2.75, 3.05) is 38.7 Å². The second-order valence-corrected chi connectivity index (χ2v) is 5.96. The highest BCUT2D eigenvalue weighted by Crippen LogP contribution is 2.26. The van der Waals surface area contributed by atoms with Crippen molar-refractivity contribution in [1.29, 1.82) is 0 Å². The Morgan fingerprint density at radius 3 is 2.81 bits per heavy atom. The van der Waals surface area contributed by atoms with E-state index in [0.29, 0.717) is 48.2 Å². The van der Waals surface area contributed by atoms with E-state index in [2.05, 4.69) is 5.32 Å². The molecule has 0 aliphatic carbocycles. The van der Waals surface area contributed by atoms with Gasteiger partial charge in [0.15, 0.2) is 6.61 Å². The first kappa shape index (κ1) is 18.6. The molecule has 1 N–H and O–H groups in total. The lowest BCUT2D eigenvalue weighted by molar-refractivity contribution is -0.118. The molecule has 2 amide bonds. The van der Waals surface area contributed by atoms with Crippen LogP contribution in [0.2, 0.25) is 0 Å². The lowest BCUT2D eigenvalue weighted by Gasteiger charge is -2.17. The van der Waals surface area contributed by atoms with Gasteiger partial charge in [0.05, 0.1) is 19.2 Å². The van der Waals surface area contributed by atoms with Gasteiger partial charge in [-0.25, -0.2) is 0 Å². The first-order valence-corrected chi connectivity index (χ1v) is 8.73. The Bertz CT molecular complexity index is 837. The summed E-state index contributed by atoms with van der Waals surface area (Å²) in [5.41, 5.74) is 0.962. The topological polar surface area (TPSA) is 77.1 Å². The zero-order valence-electron chi connectivity index (χ0n) is 15.4. The highest BCUT2D eigenvalue weighted by Gasteiger charge is 2.23. The molecule has 0 atom stereocenters. The number of nitrogens with zero attached hydrogens (tertiary/aromatic N) is 1. The molecule has 0 aromatic heterocycles. The monoisotopic (exact) mass is 370 g/mol. The zero-order chi connectivity index (χ0) is 19.2. The van der Waals surface area contributed by atoms with Crippen molar-refractivity contribution in [3.63, 3.8) is 0 Å². The molecule has 2 aromatic rings. The van der Waals surface area contributed by atoms with E-state index in [4.69, 9.17) is 14.2 Å². The number of carbonyl (C=O) groups excluding carboxylic acids is 2. The van der Waals surface area contributed by atoms with Crippen molar-refractivity contribution in [2.45, 2.75) is 6.92 Å². The molecule has 0 saturated carbocycles. The minimum atomic E-state index is -0.327. The number of amides is 2. The van der Waals surface area contributed by atoms with Crippen LogP contribution in [0.1, 0.15) is 17.3 Å². The molecule has 1 aliphatic heterocycles. The highest BCUT2D eigenvalue weighted by atomic mass is 16.5. The van der Waals surface area contributed by atoms with Gasteiger partial charge < -0.3 is 24.4 Å². The number of methoxy groups -OCH3 is 1. The molecular formula is C20H22N2O5. The Morgan fingerprint density at radius 1 is 1.22 bits per heavy atom. The SMILES string of the molecule is CCN1CCOc2ccc(NC(=O)COc3cccc(OC)c3)cc2C1=O. The highest BCUT2D eigenvalue weighted by molar-refractivity contribution is 6.00. The number of ether oxygens (including phenoxy) is 3. The predicted molar refractivity (Wildman–Crippen MR) is 101 cm³/mol. The fourth-order valence-corrected chi connectivity index (χ4v) is 2.78. The minimum absolute atomic E-state index is 0.103. The van der Waals surface area contributed by atoms with Gasteiger partial charge in [0, 0.05) is 18.3 Å². The van der Waals surface area contributed by atoms with Crippen LogP contribution in [-0.4, -0.2) is 50.1 Å². The summed E-state index contributed by atoms with van der Waals surface area (Å²) in [5.74, 6) is 1.29. The van der Waals surface area contributed by atoms with Crippen LogP contribution in [0.3, 0.4) is 0 Å². The van der Waals surface area contributed by atoms with Gasteiger partial charge in [-0.2, -0.15) is 0 Å². The Hall–Kier alpha value is -3.22. The molecule has 0 spiro atoms. The quantitative estimate of drug-likeness (QED) is 0.846. The third-order valence-electron chi connectivity index (χ3n) is 4.19. The summed E-state index contributed by atoms with van der Waals surface area (Å²) < 4.78 is 16.2. The Balaban J connectivity index is 1.65. The lowest BCUT2D eigenvalue weighted by Crippen LogP contribution is -2.32. The number of hydrogen-bond donors (Lipinski definition) is 1. The van der Waals surface area contributed by atoms with E-state index in [0.717, 1.165) is 0 Å². The lowest BCUT2D eigenvalue weighted by atomic mass is 10.1. The number of rotatable bonds is 6. The van der Waals surface area contributed by atoms with Crippen molar-refractivity contribution in [1.82, 2.24) is 4.90 Å². The van der Waals surface area contributed by atoms with Crippen molar-refractivity contribution in [2.24, 2.45) is 0 Å². The van der Waals surface area contributed by atoms with Crippen LogP contribution < -0.4 is 19.5 Å². The Morgan fingerprint density at radius 2 is 2.04 bits per heavy atom. The number of nitrogens with one attached hydrogen (secondary N) is 1. The minimum Gasteiger partial charge on any atom is -0.497 e. The normalized spacial score (nSPS) is 13.3. The second kappa shape index (κ2) is 8.44. The maximum Gasteiger partial charge on any atom is 0.262 e.